The first-order chi connectivity index (χ1) is 4.20. The average molecular weight is 128 g/mol. The van der Waals surface area contributed by atoms with Gasteiger partial charge in [-0.1, -0.05) is 13.8 Å². The number of hydrogen-bond donors (Lipinski definition) is 1. The Hall–Kier alpha value is -0.530. The third-order valence-electron chi connectivity index (χ3n) is 1.26. The van der Waals surface area contributed by atoms with Crippen molar-refractivity contribution in [3.8, 4) is 0 Å². The Bertz CT molecular complexity index is 90.9. The molecule has 0 aromatic rings. The molecule has 0 aromatic heterocycles. The Morgan fingerprint density at radius 3 is 2.67 bits per heavy atom. The van der Waals surface area contributed by atoms with Crippen LogP contribution in [-0.4, -0.2) is 11.9 Å². The second-order valence-corrected chi connectivity index (χ2v) is 2.11. The van der Waals surface area contributed by atoms with Gasteiger partial charge in [0.15, 0.2) is 0 Å². The minimum atomic E-state index is 0.0179. The number of carbonyl (C=O) groups is 1. The van der Waals surface area contributed by atoms with Crippen LogP contribution in [0.15, 0.2) is 0 Å². The fourth-order valence-corrected chi connectivity index (χ4v) is 0.428. The van der Waals surface area contributed by atoms with E-state index in [-0.39, 0.29) is 5.91 Å². The predicted octanol–water partition coefficient (Wildman–Crippen LogP) is 1.13. The second kappa shape index (κ2) is 4.36. The van der Waals surface area contributed by atoms with Gasteiger partial charge in [-0.05, 0) is 13.3 Å². The standard InChI is InChI=1S/C7H14NO/c1-4-6(3)8-7(9)5-2/h5-6H,4H2,1-3H3,(H,8,9). The fraction of sp³-hybridized carbons (Fsp3) is 0.714. The van der Waals surface area contributed by atoms with Gasteiger partial charge in [0.1, 0.15) is 0 Å². The third-order valence-corrected chi connectivity index (χ3v) is 1.26. The average Bonchev–Trinajstić information content (AvgIpc) is 1.87. The molecule has 0 bridgehead atoms. The summed E-state index contributed by atoms with van der Waals surface area (Å²) in [5.41, 5.74) is 0. The Morgan fingerprint density at radius 1 is 1.78 bits per heavy atom. The van der Waals surface area contributed by atoms with E-state index in [0.717, 1.165) is 6.42 Å². The molecule has 1 unspecified atom stereocenters. The second-order valence-electron chi connectivity index (χ2n) is 2.11. The maximum absolute atomic E-state index is 10.6. The molecule has 1 radical (unpaired) electrons. The summed E-state index contributed by atoms with van der Waals surface area (Å²) in [4.78, 5) is 10.6. The zero-order valence-electron chi connectivity index (χ0n) is 6.27. The summed E-state index contributed by atoms with van der Waals surface area (Å²) < 4.78 is 0. The van der Waals surface area contributed by atoms with Gasteiger partial charge in [0.25, 0.3) is 0 Å². The fourth-order valence-electron chi connectivity index (χ4n) is 0.428. The normalized spacial score (nSPS) is 12.8. The molecule has 0 rings (SSSR count). The highest BCUT2D eigenvalue weighted by molar-refractivity contribution is 5.84. The summed E-state index contributed by atoms with van der Waals surface area (Å²) in [7, 11) is 0. The molecule has 53 valence electrons. The predicted molar refractivity (Wildman–Crippen MR) is 37.9 cm³/mol. The lowest BCUT2D eigenvalue weighted by Crippen LogP contribution is -2.31. The first-order valence-electron chi connectivity index (χ1n) is 3.30. The van der Waals surface area contributed by atoms with E-state index in [0.29, 0.717) is 6.04 Å². The monoisotopic (exact) mass is 128 g/mol. The van der Waals surface area contributed by atoms with E-state index in [9.17, 15) is 4.79 Å². The van der Waals surface area contributed by atoms with Gasteiger partial charge in [-0.15, -0.1) is 0 Å². The summed E-state index contributed by atoms with van der Waals surface area (Å²) in [6.07, 6.45) is 2.52. The Balaban J connectivity index is 3.34. The summed E-state index contributed by atoms with van der Waals surface area (Å²) in [6.45, 7) is 5.76. The molecule has 1 atom stereocenters. The van der Waals surface area contributed by atoms with Crippen molar-refractivity contribution >= 4 is 5.91 Å². The Morgan fingerprint density at radius 2 is 2.33 bits per heavy atom. The molecule has 1 N–H and O–H groups in total. The van der Waals surface area contributed by atoms with Crippen molar-refractivity contribution in [1.82, 2.24) is 5.32 Å². The van der Waals surface area contributed by atoms with E-state index in [1.807, 2.05) is 13.8 Å². The molecule has 0 saturated heterocycles. The van der Waals surface area contributed by atoms with Crippen molar-refractivity contribution in [3.05, 3.63) is 6.42 Å². The Labute approximate surface area is 56.6 Å². The van der Waals surface area contributed by atoms with Gasteiger partial charge >= 0.3 is 0 Å². The molecule has 0 spiro atoms. The van der Waals surface area contributed by atoms with Crippen LogP contribution in [0.1, 0.15) is 27.2 Å². The molecular weight excluding hydrogens is 114 g/mol. The van der Waals surface area contributed by atoms with E-state index in [4.69, 9.17) is 0 Å². The molecule has 0 aliphatic carbocycles. The van der Waals surface area contributed by atoms with Gasteiger partial charge in [-0.3, -0.25) is 4.79 Å². The molecular formula is C7H14NO. The maximum atomic E-state index is 10.6. The molecule has 2 nitrogen and oxygen atoms in total. The van der Waals surface area contributed by atoms with Crippen LogP contribution in [0.4, 0.5) is 0 Å². The highest BCUT2D eigenvalue weighted by Gasteiger charge is 2.00. The maximum Gasteiger partial charge on any atom is 0.223 e. The van der Waals surface area contributed by atoms with Crippen molar-refractivity contribution in [2.45, 2.75) is 33.2 Å². The summed E-state index contributed by atoms with van der Waals surface area (Å²) in [5.74, 6) is 0.0179. The lowest BCUT2D eigenvalue weighted by molar-refractivity contribution is -0.118. The van der Waals surface area contributed by atoms with E-state index in [2.05, 4.69) is 5.32 Å². The van der Waals surface area contributed by atoms with Gasteiger partial charge in [0.05, 0.1) is 0 Å². The van der Waals surface area contributed by atoms with Crippen LogP contribution in [0, 0.1) is 6.42 Å². The summed E-state index contributed by atoms with van der Waals surface area (Å²) >= 11 is 0. The lowest BCUT2D eigenvalue weighted by Gasteiger charge is -2.08. The molecule has 0 saturated carbocycles. The van der Waals surface area contributed by atoms with Crippen molar-refractivity contribution < 1.29 is 4.79 Å². The Kier molecular flexibility index (Phi) is 4.10. The molecule has 0 fully saturated rings. The molecule has 1 amide bonds. The first-order valence-corrected chi connectivity index (χ1v) is 3.30. The van der Waals surface area contributed by atoms with Crippen LogP contribution < -0.4 is 5.32 Å². The lowest BCUT2D eigenvalue weighted by atomic mass is 10.2. The number of carbonyl (C=O) groups excluding carboxylic acids is 1. The van der Waals surface area contributed by atoms with Crippen LogP contribution in [0.25, 0.3) is 0 Å². The number of rotatable bonds is 3. The smallest absolute Gasteiger partial charge is 0.223 e. The van der Waals surface area contributed by atoms with Gasteiger partial charge in [0.2, 0.25) is 5.91 Å². The van der Waals surface area contributed by atoms with Gasteiger partial charge in [-0.2, -0.15) is 0 Å². The van der Waals surface area contributed by atoms with E-state index in [1.165, 1.54) is 6.42 Å². The van der Waals surface area contributed by atoms with Crippen molar-refractivity contribution in [1.29, 1.82) is 0 Å². The van der Waals surface area contributed by atoms with E-state index < -0.39 is 0 Å². The van der Waals surface area contributed by atoms with Crippen molar-refractivity contribution in [3.63, 3.8) is 0 Å². The quantitative estimate of drug-likeness (QED) is 0.606. The van der Waals surface area contributed by atoms with Crippen molar-refractivity contribution in [2.24, 2.45) is 0 Å². The van der Waals surface area contributed by atoms with E-state index >= 15 is 0 Å². The molecule has 0 heterocycles. The first kappa shape index (κ1) is 8.47. The number of hydrogen-bond acceptors (Lipinski definition) is 1. The zero-order valence-corrected chi connectivity index (χ0v) is 6.27. The van der Waals surface area contributed by atoms with Gasteiger partial charge < -0.3 is 5.32 Å². The van der Waals surface area contributed by atoms with Crippen molar-refractivity contribution in [2.75, 3.05) is 0 Å². The van der Waals surface area contributed by atoms with Gasteiger partial charge in [0, 0.05) is 12.5 Å². The minimum absolute atomic E-state index is 0.0179. The van der Waals surface area contributed by atoms with Crippen LogP contribution in [-0.2, 0) is 4.79 Å². The zero-order chi connectivity index (χ0) is 7.28. The minimum Gasteiger partial charge on any atom is -0.353 e. The summed E-state index contributed by atoms with van der Waals surface area (Å²) in [6, 6.07) is 0.300. The molecule has 2 heteroatoms. The third kappa shape index (κ3) is 4.01. The van der Waals surface area contributed by atoms with Crippen LogP contribution >= 0.6 is 0 Å². The highest BCUT2D eigenvalue weighted by Crippen LogP contribution is 1.87. The largest absolute Gasteiger partial charge is 0.353 e. The van der Waals surface area contributed by atoms with E-state index in [1.54, 1.807) is 6.92 Å². The van der Waals surface area contributed by atoms with Crippen LogP contribution in [0.3, 0.4) is 0 Å². The SMILES string of the molecule is C[CH]C(=O)NC(C)CC. The molecule has 0 aliphatic rings. The summed E-state index contributed by atoms with van der Waals surface area (Å²) in [5, 5.41) is 2.78. The van der Waals surface area contributed by atoms with Gasteiger partial charge in [-0.25, -0.2) is 0 Å². The topological polar surface area (TPSA) is 29.1 Å². The number of nitrogens with one attached hydrogen (secondary N) is 1. The molecule has 0 aromatic carbocycles. The highest BCUT2D eigenvalue weighted by atomic mass is 16.1. The molecule has 9 heavy (non-hydrogen) atoms. The van der Waals surface area contributed by atoms with Crippen LogP contribution in [0.5, 0.6) is 0 Å². The molecule has 0 aliphatic heterocycles. The van der Waals surface area contributed by atoms with Crippen LogP contribution in [0.2, 0.25) is 0 Å². The number of amides is 1.